The summed E-state index contributed by atoms with van der Waals surface area (Å²) in [7, 11) is 0. The largest absolute Gasteiger partial charge is 0.484 e. The number of hydrogen-bond acceptors (Lipinski definition) is 5. The van der Waals surface area contributed by atoms with Gasteiger partial charge in [0.1, 0.15) is 5.75 Å². The van der Waals surface area contributed by atoms with Crippen molar-refractivity contribution in [3.63, 3.8) is 0 Å². The number of carbonyl (C=O) groups excluding carboxylic acids is 1. The summed E-state index contributed by atoms with van der Waals surface area (Å²) in [5, 5.41) is 0.722. The number of imidazole rings is 1. The summed E-state index contributed by atoms with van der Waals surface area (Å²) in [5.74, 6) is 0.605. The van der Waals surface area contributed by atoms with Crippen molar-refractivity contribution >= 4 is 32.6 Å². The van der Waals surface area contributed by atoms with Gasteiger partial charge >= 0.3 is 0 Å². The highest BCUT2D eigenvalue weighted by atomic mass is 32.1. The second-order valence-electron chi connectivity index (χ2n) is 7.42. The molecule has 0 saturated heterocycles. The molecular weight excluding hydrogens is 408 g/mol. The number of rotatable bonds is 9. The summed E-state index contributed by atoms with van der Waals surface area (Å²) in [4.78, 5) is 23.9. The van der Waals surface area contributed by atoms with Gasteiger partial charge in [-0.2, -0.15) is 0 Å². The van der Waals surface area contributed by atoms with Crippen LogP contribution in [0.2, 0.25) is 0 Å². The van der Waals surface area contributed by atoms with Crippen molar-refractivity contribution in [1.29, 1.82) is 0 Å². The van der Waals surface area contributed by atoms with E-state index in [0.29, 0.717) is 12.3 Å². The predicted octanol–water partition coefficient (Wildman–Crippen LogP) is 4.87. The lowest BCUT2D eigenvalue weighted by Crippen LogP contribution is -2.36. The second-order valence-corrected chi connectivity index (χ2v) is 8.43. The number of aryl methyl sites for hydroxylation is 3. The number of carbonyl (C=O) groups is 1. The molecule has 2 heterocycles. The van der Waals surface area contributed by atoms with Crippen LogP contribution in [-0.2, 0) is 17.8 Å². The maximum Gasteiger partial charge on any atom is 0.266 e. The minimum absolute atomic E-state index is 0.0227. The zero-order chi connectivity index (χ0) is 21.6. The molecule has 0 aliphatic heterocycles. The minimum atomic E-state index is -0.0933. The van der Waals surface area contributed by atoms with Gasteiger partial charge in [0.15, 0.2) is 11.7 Å². The molecular formula is C24H26N4O2S. The zero-order valence-electron chi connectivity index (χ0n) is 17.8. The molecule has 1 amide bonds. The van der Waals surface area contributed by atoms with Crippen molar-refractivity contribution in [2.75, 3.05) is 18.1 Å². The molecule has 0 bridgehead atoms. The zero-order valence-corrected chi connectivity index (χ0v) is 18.6. The fraction of sp³-hybridized carbons (Fsp3) is 0.292. The van der Waals surface area contributed by atoms with E-state index in [2.05, 4.69) is 30.1 Å². The van der Waals surface area contributed by atoms with Crippen molar-refractivity contribution in [3.8, 4) is 5.75 Å². The van der Waals surface area contributed by atoms with Crippen LogP contribution < -0.4 is 9.64 Å². The van der Waals surface area contributed by atoms with E-state index in [9.17, 15) is 4.79 Å². The summed E-state index contributed by atoms with van der Waals surface area (Å²) in [6.45, 7) is 5.45. The number of anilines is 1. The van der Waals surface area contributed by atoms with Gasteiger partial charge in [0.25, 0.3) is 5.91 Å². The van der Waals surface area contributed by atoms with Crippen molar-refractivity contribution in [3.05, 3.63) is 72.3 Å². The van der Waals surface area contributed by atoms with E-state index in [1.165, 1.54) is 5.56 Å². The number of fused-ring (bicyclic) bond motifs is 1. The quantitative estimate of drug-likeness (QED) is 0.377. The van der Waals surface area contributed by atoms with Gasteiger partial charge < -0.3 is 9.30 Å². The van der Waals surface area contributed by atoms with Gasteiger partial charge in [-0.05, 0) is 49.1 Å². The van der Waals surface area contributed by atoms with Crippen LogP contribution in [-0.4, -0.2) is 33.6 Å². The van der Waals surface area contributed by atoms with Crippen molar-refractivity contribution in [2.24, 2.45) is 0 Å². The van der Waals surface area contributed by atoms with E-state index in [-0.39, 0.29) is 12.5 Å². The van der Waals surface area contributed by atoms with Gasteiger partial charge in [0, 0.05) is 25.5 Å². The van der Waals surface area contributed by atoms with E-state index in [4.69, 9.17) is 9.72 Å². The van der Waals surface area contributed by atoms with Gasteiger partial charge in [-0.3, -0.25) is 9.69 Å². The Kier molecular flexibility index (Phi) is 6.62. The molecule has 0 atom stereocenters. The number of nitrogens with zero attached hydrogens (tertiary/aromatic N) is 4. The molecule has 4 aromatic rings. The van der Waals surface area contributed by atoms with Crippen LogP contribution in [0.25, 0.3) is 10.2 Å². The van der Waals surface area contributed by atoms with Gasteiger partial charge in [-0.25, -0.2) is 9.97 Å². The molecule has 4 rings (SSSR count). The summed E-state index contributed by atoms with van der Waals surface area (Å²) in [5.41, 5.74) is 3.28. The SMILES string of the molecule is CCc1cccc2sc(N(CCCn3ccnc3)C(=O)COc3cccc(C)c3)nc12. The Balaban J connectivity index is 1.53. The summed E-state index contributed by atoms with van der Waals surface area (Å²) >= 11 is 1.55. The molecule has 0 radical (unpaired) electrons. The van der Waals surface area contributed by atoms with Crippen LogP contribution >= 0.6 is 11.3 Å². The third-order valence-corrected chi connectivity index (χ3v) is 6.16. The van der Waals surface area contributed by atoms with Gasteiger partial charge in [-0.15, -0.1) is 0 Å². The average molecular weight is 435 g/mol. The molecule has 2 aromatic heterocycles. The van der Waals surface area contributed by atoms with Crippen LogP contribution in [0.15, 0.2) is 61.2 Å². The first-order valence-electron chi connectivity index (χ1n) is 10.5. The summed E-state index contributed by atoms with van der Waals surface area (Å²) in [6.07, 6.45) is 7.18. The Bertz CT molecular complexity index is 1150. The number of benzene rings is 2. The normalized spacial score (nSPS) is 11.0. The number of thiazole rings is 1. The second kappa shape index (κ2) is 9.75. The van der Waals surface area contributed by atoms with Crippen molar-refractivity contribution in [2.45, 2.75) is 33.2 Å². The predicted molar refractivity (Wildman–Crippen MR) is 125 cm³/mol. The molecule has 160 valence electrons. The fourth-order valence-corrected chi connectivity index (χ4v) is 4.54. The first kappa shape index (κ1) is 21.1. The number of ether oxygens (including phenoxy) is 1. The van der Waals surface area contributed by atoms with Crippen molar-refractivity contribution in [1.82, 2.24) is 14.5 Å². The van der Waals surface area contributed by atoms with Gasteiger partial charge in [-0.1, -0.05) is 42.5 Å². The van der Waals surface area contributed by atoms with Crippen LogP contribution in [0.3, 0.4) is 0 Å². The highest BCUT2D eigenvalue weighted by Gasteiger charge is 2.21. The number of para-hydroxylation sites is 1. The molecule has 2 aromatic carbocycles. The molecule has 0 N–H and O–H groups in total. The first-order chi connectivity index (χ1) is 15.1. The van der Waals surface area contributed by atoms with Crippen LogP contribution in [0.5, 0.6) is 5.75 Å². The third-order valence-electron chi connectivity index (χ3n) is 5.11. The maximum absolute atomic E-state index is 13.2. The number of hydrogen-bond donors (Lipinski definition) is 0. The fourth-order valence-electron chi connectivity index (χ4n) is 3.48. The molecule has 0 spiro atoms. The topological polar surface area (TPSA) is 60.2 Å². The minimum Gasteiger partial charge on any atom is -0.484 e. The summed E-state index contributed by atoms with van der Waals surface area (Å²) < 4.78 is 8.90. The van der Waals surface area contributed by atoms with Gasteiger partial charge in [0.05, 0.1) is 16.5 Å². The third kappa shape index (κ3) is 5.11. The molecule has 0 unspecified atom stereocenters. The Morgan fingerprint density at radius 2 is 2.10 bits per heavy atom. The highest BCUT2D eigenvalue weighted by molar-refractivity contribution is 7.22. The molecule has 6 nitrogen and oxygen atoms in total. The maximum atomic E-state index is 13.2. The molecule has 0 aliphatic rings. The molecule has 0 aliphatic carbocycles. The van der Waals surface area contributed by atoms with E-state index in [1.54, 1.807) is 28.8 Å². The van der Waals surface area contributed by atoms with E-state index >= 15 is 0 Å². The van der Waals surface area contributed by atoms with Crippen LogP contribution in [0.1, 0.15) is 24.5 Å². The lowest BCUT2D eigenvalue weighted by Gasteiger charge is -2.20. The Morgan fingerprint density at radius 1 is 1.23 bits per heavy atom. The van der Waals surface area contributed by atoms with Crippen molar-refractivity contribution < 1.29 is 9.53 Å². The highest BCUT2D eigenvalue weighted by Crippen LogP contribution is 2.31. The Labute approximate surface area is 186 Å². The Morgan fingerprint density at radius 3 is 2.87 bits per heavy atom. The Hall–Kier alpha value is -3.19. The van der Waals surface area contributed by atoms with Crippen LogP contribution in [0.4, 0.5) is 5.13 Å². The smallest absolute Gasteiger partial charge is 0.266 e. The number of aromatic nitrogens is 3. The lowest BCUT2D eigenvalue weighted by molar-refractivity contribution is -0.120. The standard InChI is InChI=1S/C24H26N4O2S/c1-3-19-8-5-10-21-23(19)26-24(31-21)28(13-6-12-27-14-11-25-17-27)22(29)16-30-20-9-4-7-18(2)15-20/h4-5,7-11,14-15,17H,3,6,12-13,16H2,1-2H3. The van der Waals surface area contributed by atoms with Crippen LogP contribution in [0, 0.1) is 6.92 Å². The van der Waals surface area contributed by atoms with E-state index < -0.39 is 0 Å². The first-order valence-corrected chi connectivity index (χ1v) is 11.3. The lowest BCUT2D eigenvalue weighted by atomic mass is 10.1. The van der Waals surface area contributed by atoms with Gasteiger partial charge in [0.2, 0.25) is 0 Å². The summed E-state index contributed by atoms with van der Waals surface area (Å²) in [6, 6.07) is 13.9. The molecule has 0 fully saturated rings. The molecule has 31 heavy (non-hydrogen) atoms. The average Bonchev–Trinajstić information content (AvgIpc) is 3.44. The number of amides is 1. The molecule has 7 heteroatoms. The van der Waals surface area contributed by atoms with E-state index in [0.717, 1.165) is 40.3 Å². The van der Waals surface area contributed by atoms with E-state index in [1.807, 2.05) is 42.0 Å². The molecule has 0 saturated carbocycles. The monoisotopic (exact) mass is 434 g/mol.